The van der Waals surface area contributed by atoms with Gasteiger partial charge in [-0.1, -0.05) is 32.9 Å². The highest BCUT2D eigenvalue weighted by Crippen LogP contribution is 2.18. The Hall–Kier alpha value is -0.930. The first-order valence-electron chi connectivity index (χ1n) is 6.99. The Labute approximate surface area is 116 Å². The van der Waals surface area contributed by atoms with E-state index in [0.717, 1.165) is 19.6 Å². The first-order chi connectivity index (χ1) is 9.02. The van der Waals surface area contributed by atoms with Crippen molar-refractivity contribution in [1.29, 1.82) is 0 Å². The summed E-state index contributed by atoms with van der Waals surface area (Å²) in [5.74, 6) is 0.791. The second kappa shape index (κ2) is 8.28. The molecule has 1 N–H and O–H groups in total. The molecular weight excluding hydrogens is 241 g/mol. The van der Waals surface area contributed by atoms with E-state index in [1.165, 1.54) is 17.7 Å². The van der Waals surface area contributed by atoms with Gasteiger partial charge in [0.25, 0.3) is 0 Å². The molecule has 0 aromatic heterocycles. The molecule has 0 aliphatic heterocycles. The van der Waals surface area contributed by atoms with Gasteiger partial charge in [0, 0.05) is 19.8 Å². The van der Waals surface area contributed by atoms with Gasteiger partial charge in [0.1, 0.15) is 5.82 Å². The highest BCUT2D eigenvalue weighted by Gasteiger charge is 2.18. The van der Waals surface area contributed by atoms with Gasteiger partial charge in [-0.3, -0.25) is 0 Å². The maximum absolute atomic E-state index is 12.9. The highest BCUT2D eigenvalue weighted by atomic mass is 19.1. The second-order valence-electron chi connectivity index (χ2n) is 5.59. The summed E-state index contributed by atoms with van der Waals surface area (Å²) in [4.78, 5) is 0. The molecule has 3 heteroatoms. The number of rotatable bonds is 8. The fourth-order valence-corrected chi connectivity index (χ4v) is 2.18. The Morgan fingerprint density at radius 2 is 1.79 bits per heavy atom. The van der Waals surface area contributed by atoms with Crippen LogP contribution in [-0.4, -0.2) is 26.3 Å². The Kier molecular flexibility index (Phi) is 7.03. The van der Waals surface area contributed by atoms with E-state index < -0.39 is 0 Å². The molecule has 0 radical (unpaired) electrons. The van der Waals surface area contributed by atoms with Gasteiger partial charge in [0.15, 0.2) is 0 Å². The number of methoxy groups -OCH3 is 1. The standard InChI is InChI=1S/C16H26FNO/c1-12(2)18-10-15(13(3)11-19-4)9-14-5-7-16(17)8-6-14/h5-8,12-13,15,18H,9-11H2,1-4H3. The zero-order chi connectivity index (χ0) is 14.3. The van der Waals surface area contributed by atoms with Crippen LogP contribution in [0.5, 0.6) is 0 Å². The lowest BCUT2D eigenvalue weighted by atomic mass is 9.88. The molecule has 0 heterocycles. The van der Waals surface area contributed by atoms with E-state index in [0.29, 0.717) is 17.9 Å². The number of ether oxygens (including phenoxy) is 1. The quantitative estimate of drug-likeness (QED) is 0.780. The van der Waals surface area contributed by atoms with Gasteiger partial charge in [0.05, 0.1) is 0 Å². The van der Waals surface area contributed by atoms with Crippen LogP contribution < -0.4 is 5.32 Å². The second-order valence-corrected chi connectivity index (χ2v) is 5.59. The summed E-state index contributed by atoms with van der Waals surface area (Å²) in [5.41, 5.74) is 1.18. The lowest BCUT2D eigenvalue weighted by molar-refractivity contribution is 0.127. The molecular formula is C16H26FNO. The summed E-state index contributed by atoms with van der Waals surface area (Å²) in [5, 5.41) is 3.49. The van der Waals surface area contributed by atoms with Gasteiger partial charge in [-0.25, -0.2) is 4.39 Å². The van der Waals surface area contributed by atoms with Gasteiger partial charge >= 0.3 is 0 Å². The van der Waals surface area contributed by atoms with Crippen molar-refractivity contribution in [3.63, 3.8) is 0 Å². The molecule has 0 fully saturated rings. The third-order valence-electron chi connectivity index (χ3n) is 3.43. The van der Waals surface area contributed by atoms with Gasteiger partial charge in [-0.05, 0) is 42.5 Å². The molecule has 0 bridgehead atoms. The van der Waals surface area contributed by atoms with Gasteiger partial charge in [-0.2, -0.15) is 0 Å². The SMILES string of the molecule is COCC(C)C(CNC(C)C)Cc1ccc(F)cc1. The summed E-state index contributed by atoms with van der Waals surface area (Å²) in [6.07, 6.45) is 0.949. The molecule has 2 unspecified atom stereocenters. The third-order valence-corrected chi connectivity index (χ3v) is 3.43. The van der Waals surface area contributed by atoms with E-state index in [9.17, 15) is 4.39 Å². The predicted molar refractivity (Wildman–Crippen MR) is 77.8 cm³/mol. The molecule has 0 saturated heterocycles. The number of benzene rings is 1. The molecule has 1 aromatic carbocycles. The Balaban J connectivity index is 2.64. The van der Waals surface area contributed by atoms with Gasteiger partial charge in [-0.15, -0.1) is 0 Å². The molecule has 2 atom stereocenters. The average Bonchev–Trinajstić information content (AvgIpc) is 2.36. The monoisotopic (exact) mass is 267 g/mol. The van der Waals surface area contributed by atoms with Crippen LogP contribution in [0.25, 0.3) is 0 Å². The maximum Gasteiger partial charge on any atom is 0.123 e. The smallest absolute Gasteiger partial charge is 0.123 e. The van der Waals surface area contributed by atoms with Crippen LogP contribution >= 0.6 is 0 Å². The van der Waals surface area contributed by atoms with Crippen molar-refractivity contribution in [1.82, 2.24) is 5.32 Å². The summed E-state index contributed by atoms with van der Waals surface area (Å²) < 4.78 is 18.2. The number of hydrogen-bond donors (Lipinski definition) is 1. The van der Waals surface area contributed by atoms with Crippen molar-refractivity contribution in [2.24, 2.45) is 11.8 Å². The Morgan fingerprint density at radius 3 is 2.32 bits per heavy atom. The predicted octanol–water partition coefficient (Wildman–Crippen LogP) is 3.26. The minimum Gasteiger partial charge on any atom is -0.384 e. The third kappa shape index (κ3) is 6.17. The summed E-state index contributed by atoms with van der Waals surface area (Å²) in [6, 6.07) is 7.28. The zero-order valence-corrected chi connectivity index (χ0v) is 12.4. The van der Waals surface area contributed by atoms with E-state index in [2.05, 4.69) is 26.1 Å². The first-order valence-corrected chi connectivity index (χ1v) is 6.99. The molecule has 19 heavy (non-hydrogen) atoms. The van der Waals surface area contributed by atoms with Crippen LogP contribution in [0, 0.1) is 17.7 Å². The number of halogens is 1. The highest BCUT2D eigenvalue weighted by molar-refractivity contribution is 5.16. The van der Waals surface area contributed by atoms with Crippen molar-refractivity contribution in [2.75, 3.05) is 20.3 Å². The summed E-state index contributed by atoms with van der Waals surface area (Å²) in [6.45, 7) is 8.22. The molecule has 0 saturated carbocycles. The topological polar surface area (TPSA) is 21.3 Å². The number of hydrogen-bond acceptors (Lipinski definition) is 2. The van der Waals surface area contributed by atoms with Gasteiger partial charge in [0.2, 0.25) is 0 Å². The van der Waals surface area contributed by atoms with Crippen LogP contribution in [0.15, 0.2) is 24.3 Å². The molecule has 108 valence electrons. The number of nitrogens with one attached hydrogen (secondary N) is 1. The molecule has 1 rings (SSSR count). The molecule has 0 aliphatic carbocycles. The Bertz CT molecular complexity index is 350. The van der Waals surface area contributed by atoms with Crippen LogP contribution in [0.2, 0.25) is 0 Å². The van der Waals surface area contributed by atoms with Crippen molar-refractivity contribution >= 4 is 0 Å². The molecule has 2 nitrogen and oxygen atoms in total. The fraction of sp³-hybridized carbons (Fsp3) is 0.625. The minimum atomic E-state index is -0.175. The van der Waals surface area contributed by atoms with Crippen molar-refractivity contribution in [3.05, 3.63) is 35.6 Å². The van der Waals surface area contributed by atoms with E-state index in [1.54, 1.807) is 7.11 Å². The van der Waals surface area contributed by atoms with E-state index in [4.69, 9.17) is 4.74 Å². The molecule has 0 spiro atoms. The van der Waals surface area contributed by atoms with Gasteiger partial charge < -0.3 is 10.1 Å². The molecule has 1 aromatic rings. The molecule has 0 aliphatic rings. The maximum atomic E-state index is 12.9. The first kappa shape index (κ1) is 16.1. The Morgan fingerprint density at radius 1 is 1.16 bits per heavy atom. The zero-order valence-electron chi connectivity index (χ0n) is 12.4. The summed E-state index contributed by atoms with van der Waals surface area (Å²) in [7, 11) is 1.74. The van der Waals surface area contributed by atoms with Crippen molar-refractivity contribution < 1.29 is 9.13 Å². The van der Waals surface area contributed by atoms with Crippen LogP contribution in [0.1, 0.15) is 26.3 Å². The largest absolute Gasteiger partial charge is 0.384 e. The van der Waals surface area contributed by atoms with E-state index in [-0.39, 0.29) is 5.82 Å². The minimum absolute atomic E-state index is 0.175. The summed E-state index contributed by atoms with van der Waals surface area (Å²) >= 11 is 0. The lowest BCUT2D eigenvalue weighted by Gasteiger charge is -2.25. The lowest BCUT2D eigenvalue weighted by Crippen LogP contribution is -2.34. The van der Waals surface area contributed by atoms with Crippen molar-refractivity contribution in [2.45, 2.75) is 33.2 Å². The van der Waals surface area contributed by atoms with Crippen LogP contribution in [0.4, 0.5) is 4.39 Å². The van der Waals surface area contributed by atoms with E-state index >= 15 is 0 Å². The normalized spacial score (nSPS) is 14.6. The fourth-order valence-electron chi connectivity index (χ4n) is 2.18. The average molecular weight is 267 g/mol. The van der Waals surface area contributed by atoms with Crippen LogP contribution in [0.3, 0.4) is 0 Å². The molecule has 0 amide bonds. The van der Waals surface area contributed by atoms with Crippen LogP contribution in [-0.2, 0) is 11.2 Å². The van der Waals surface area contributed by atoms with Crippen molar-refractivity contribution in [3.8, 4) is 0 Å². The van der Waals surface area contributed by atoms with E-state index in [1.807, 2.05) is 12.1 Å².